The standard InChI is InChI=1S/C22H21N3O/c1-15-8-10-18(23-15)12-21-22(26-14-17-6-4-3-5-7-17)13-20(25-21)19-11-9-16(2)24-19/h3-13,24-25H,14H2,1-2H3. The molecule has 130 valence electrons. The minimum absolute atomic E-state index is 0.524. The molecule has 0 amide bonds. The maximum absolute atomic E-state index is 6.11. The van der Waals surface area contributed by atoms with Gasteiger partial charge in [-0.05, 0) is 49.8 Å². The molecule has 4 heteroatoms. The molecule has 4 rings (SSSR count). The summed E-state index contributed by atoms with van der Waals surface area (Å²) in [5.74, 6) is 0.816. The molecule has 3 aromatic rings. The molecule has 1 aliphatic rings. The van der Waals surface area contributed by atoms with Crippen LogP contribution < -0.4 is 4.74 Å². The van der Waals surface area contributed by atoms with E-state index in [2.05, 4.69) is 39.2 Å². The number of hydrogen-bond acceptors (Lipinski definition) is 2. The SMILES string of the molecule is CC1=NC(=Cc2[nH]c(-c3ccc(C)[nH]3)cc2OCc2ccccc2)C=C1. The van der Waals surface area contributed by atoms with Gasteiger partial charge in [0.2, 0.25) is 0 Å². The Morgan fingerprint density at radius 1 is 0.962 bits per heavy atom. The van der Waals surface area contributed by atoms with E-state index in [4.69, 9.17) is 4.74 Å². The van der Waals surface area contributed by atoms with Crippen LogP contribution in [0.3, 0.4) is 0 Å². The molecule has 0 unspecified atom stereocenters. The number of allylic oxidation sites excluding steroid dienone is 2. The second kappa shape index (κ2) is 6.92. The zero-order chi connectivity index (χ0) is 17.9. The fourth-order valence-electron chi connectivity index (χ4n) is 2.93. The summed E-state index contributed by atoms with van der Waals surface area (Å²) < 4.78 is 6.11. The topological polar surface area (TPSA) is 53.2 Å². The number of benzene rings is 1. The van der Waals surface area contributed by atoms with E-state index in [0.29, 0.717) is 6.61 Å². The number of aromatic nitrogens is 2. The van der Waals surface area contributed by atoms with Crippen molar-refractivity contribution < 1.29 is 4.74 Å². The van der Waals surface area contributed by atoms with E-state index in [1.54, 1.807) is 0 Å². The Morgan fingerprint density at radius 2 is 1.81 bits per heavy atom. The smallest absolute Gasteiger partial charge is 0.145 e. The van der Waals surface area contributed by atoms with Crippen LogP contribution >= 0.6 is 0 Å². The molecule has 0 spiro atoms. The first-order chi connectivity index (χ1) is 12.7. The molecule has 0 saturated carbocycles. The zero-order valence-corrected chi connectivity index (χ0v) is 14.9. The molecular weight excluding hydrogens is 322 g/mol. The van der Waals surface area contributed by atoms with Crippen LogP contribution in [0.15, 0.2) is 71.4 Å². The lowest BCUT2D eigenvalue weighted by molar-refractivity contribution is 0.306. The molecule has 0 aliphatic carbocycles. The van der Waals surface area contributed by atoms with Crippen LogP contribution in [0.25, 0.3) is 17.5 Å². The van der Waals surface area contributed by atoms with Gasteiger partial charge < -0.3 is 14.7 Å². The lowest BCUT2D eigenvalue weighted by Gasteiger charge is -2.05. The highest BCUT2D eigenvalue weighted by Crippen LogP contribution is 2.30. The molecule has 26 heavy (non-hydrogen) atoms. The minimum Gasteiger partial charge on any atom is -0.487 e. The van der Waals surface area contributed by atoms with Gasteiger partial charge in [-0.2, -0.15) is 0 Å². The fourth-order valence-corrected chi connectivity index (χ4v) is 2.93. The molecule has 0 bridgehead atoms. The van der Waals surface area contributed by atoms with Gasteiger partial charge in [0.25, 0.3) is 0 Å². The van der Waals surface area contributed by atoms with Gasteiger partial charge in [0, 0.05) is 17.5 Å². The number of rotatable bonds is 5. The first-order valence-corrected chi connectivity index (χ1v) is 8.68. The van der Waals surface area contributed by atoms with Gasteiger partial charge in [-0.25, -0.2) is 0 Å². The summed E-state index contributed by atoms with van der Waals surface area (Å²) in [5.41, 5.74) is 7.15. The molecule has 0 fully saturated rings. The van der Waals surface area contributed by atoms with E-state index >= 15 is 0 Å². The number of aryl methyl sites for hydroxylation is 1. The Balaban J connectivity index is 1.66. The minimum atomic E-state index is 0.524. The first kappa shape index (κ1) is 16.2. The molecule has 1 aliphatic heterocycles. The van der Waals surface area contributed by atoms with Gasteiger partial charge in [-0.1, -0.05) is 30.3 Å². The van der Waals surface area contributed by atoms with Crippen molar-refractivity contribution in [2.75, 3.05) is 0 Å². The highest BCUT2D eigenvalue weighted by molar-refractivity contribution is 5.97. The average Bonchev–Trinajstić information content (AvgIpc) is 3.35. The molecule has 0 radical (unpaired) electrons. The third kappa shape index (κ3) is 3.54. The summed E-state index contributed by atoms with van der Waals surface area (Å²) in [6, 6.07) is 16.3. The van der Waals surface area contributed by atoms with Crippen molar-refractivity contribution in [3.8, 4) is 17.1 Å². The van der Waals surface area contributed by atoms with Crippen molar-refractivity contribution in [2.24, 2.45) is 4.99 Å². The second-order valence-electron chi connectivity index (χ2n) is 6.45. The molecule has 1 aromatic carbocycles. The Labute approximate surface area is 153 Å². The highest BCUT2D eigenvalue weighted by atomic mass is 16.5. The van der Waals surface area contributed by atoms with Crippen LogP contribution in [0.5, 0.6) is 5.75 Å². The van der Waals surface area contributed by atoms with E-state index < -0.39 is 0 Å². The number of nitrogens with zero attached hydrogens (tertiary/aromatic N) is 1. The van der Waals surface area contributed by atoms with Crippen molar-refractivity contribution in [3.63, 3.8) is 0 Å². The van der Waals surface area contributed by atoms with Gasteiger partial charge in [0.1, 0.15) is 12.4 Å². The highest BCUT2D eigenvalue weighted by Gasteiger charge is 2.12. The lowest BCUT2D eigenvalue weighted by Crippen LogP contribution is -1.95. The van der Waals surface area contributed by atoms with Crippen LogP contribution in [0, 0.1) is 6.92 Å². The predicted octanol–water partition coefficient (Wildman–Crippen LogP) is 5.27. The second-order valence-corrected chi connectivity index (χ2v) is 6.45. The molecule has 3 heterocycles. The normalized spacial score (nSPS) is 14.8. The van der Waals surface area contributed by atoms with E-state index in [1.165, 1.54) is 0 Å². The number of ether oxygens (including phenoxy) is 1. The summed E-state index contributed by atoms with van der Waals surface area (Å²) in [7, 11) is 0. The van der Waals surface area contributed by atoms with E-state index in [1.807, 2.05) is 56.3 Å². The number of H-pyrrole nitrogens is 2. The monoisotopic (exact) mass is 343 g/mol. The van der Waals surface area contributed by atoms with Crippen molar-refractivity contribution in [3.05, 3.63) is 83.3 Å². The van der Waals surface area contributed by atoms with Gasteiger partial charge in [0.05, 0.1) is 22.8 Å². The molecule has 0 saturated heterocycles. The zero-order valence-electron chi connectivity index (χ0n) is 14.9. The maximum Gasteiger partial charge on any atom is 0.145 e. The van der Waals surface area contributed by atoms with E-state index in [9.17, 15) is 0 Å². The van der Waals surface area contributed by atoms with Crippen molar-refractivity contribution in [1.29, 1.82) is 0 Å². The van der Waals surface area contributed by atoms with E-state index in [0.717, 1.165) is 45.5 Å². The van der Waals surface area contributed by atoms with Crippen molar-refractivity contribution in [1.82, 2.24) is 9.97 Å². The largest absolute Gasteiger partial charge is 0.487 e. The summed E-state index contributed by atoms with van der Waals surface area (Å²) in [6.45, 7) is 4.56. The molecular formula is C22H21N3O. The number of nitrogens with one attached hydrogen (secondary N) is 2. The summed E-state index contributed by atoms with van der Waals surface area (Å²) in [4.78, 5) is 11.3. The molecule has 2 aromatic heterocycles. The summed E-state index contributed by atoms with van der Waals surface area (Å²) in [5, 5.41) is 0. The number of aliphatic imine (C=N–C) groups is 1. The van der Waals surface area contributed by atoms with Crippen LogP contribution in [0.2, 0.25) is 0 Å². The quantitative estimate of drug-likeness (QED) is 0.651. The Morgan fingerprint density at radius 3 is 2.50 bits per heavy atom. The third-order valence-corrected chi connectivity index (χ3v) is 4.26. The van der Waals surface area contributed by atoms with Crippen LogP contribution in [0.1, 0.15) is 23.9 Å². The summed E-state index contributed by atoms with van der Waals surface area (Å²) >= 11 is 0. The van der Waals surface area contributed by atoms with Crippen molar-refractivity contribution >= 4 is 11.8 Å². The van der Waals surface area contributed by atoms with Crippen LogP contribution in [0.4, 0.5) is 0 Å². The Hall–Kier alpha value is -3.27. The molecule has 2 N–H and O–H groups in total. The van der Waals surface area contributed by atoms with Crippen LogP contribution in [-0.2, 0) is 6.61 Å². The Bertz CT molecular complexity index is 1000. The first-order valence-electron chi connectivity index (χ1n) is 8.68. The number of hydrogen-bond donors (Lipinski definition) is 2. The van der Waals surface area contributed by atoms with Gasteiger partial charge in [-0.3, -0.25) is 4.99 Å². The Kier molecular flexibility index (Phi) is 4.32. The van der Waals surface area contributed by atoms with E-state index in [-0.39, 0.29) is 0 Å². The predicted molar refractivity (Wildman–Crippen MR) is 106 cm³/mol. The maximum atomic E-state index is 6.11. The fraction of sp³-hybridized carbons (Fsp3) is 0.136. The summed E-state index contributed by atoms with van der Waals surface area (Å²) in [6.07, 6.45) is 6.04. The van der Waals surface area contributed by atoms with Crippen LogP contribution in [-0.4, -0.2) is 15.7 Å². The third-order valence-electron chi connectivity index (χ3n) is 4.26. The van der Waals surface area contributed by atoms with Gasteiger partial charge in [0.15, 0.2) is 0 Å². The number of aromatic amines is 2. The molecule has 0 atom stereocenters. The average molecular weight is 343 g/mol. The van der Waals surface area contributed by atoms with Gasteiger partial charge >= 0.3 is 0 Å². The lowest BCUT2D eigenvalue weighted by atomic mass is 10.2. The molecule has 4 nitrogen and oxygen atoms in total. The van der Waals surface area contributed by atoms with Crippen molar-refractivity contribution in [2.45, 2.75) is 20.5 Å². The van der Waals surface area contributed by atoms with Gasteiger partial charge in [-0.15, -0.1) is 0 Å².